The quantitative estimate of drug-likeness (QED) is 0.773. The van der Waals surface area contributed by atoms with Crippen molar-refractivity contribution >= 4 is 22.8 Å². The number of hydrogen-bond donors (Lipinski definition) is 1. The molecule has 4 rings (SSSR count). The van der Waals surface area contributed by atoms with Gasteiger partial charge in [-0.2, -0.15) is 0 Å². The van der Waals surface area contributed by atoms with Crippen LogP contribution in [0.2, 0.25) is 0 Å². The molecule has 1 amide bonds. The molecule has 136 valence electrons. The summed E-state index contributed by atoms with van der Waals surface area (Å²) in [5.74, 6) is -1.30. The summed E-state index contributed by atoms with van der Waals surface area (Å²) in [6, 6.07) is 15.2. The van der Waals surface area contributed by atoms with Crippen LogP contribution in [-0.4, -0.2) is 32.5 Å². The molecule has 0 spiro atoms. The van der Waals surface area contributed by atoms with Crippen molar-refractivity contribution in [3.05, 3.63) is 82.1 Å². The van der Waals surface area contributed by atoms with Gasteiger partial charge in [0.15, 0.2) is 5.43 Å². The Balaban J connectivity index is 1.67. The molecule has 1 atom stereocenters. The number of aliphatic carboxylic acids is 1. The molecule has 0 radical (unpaired) electrons. The molecule has 1 unspecified atom stereocenters. The molecule has 0 aliphatic carbocycles. The van der Waals surface area contributed by atoms with E-state index in [1.165, 1.54) is 11.0 Å². The number of amides is 1. The first kappa shape index (κ1) is 17.0. The maximum atomic E-state index is 13.0. The van der Waals surface area contributed by atoms with E-state index < -0.39 is 12.0 Å². The van der Waals surface area contributed by atoms with Crippen molar-refractivity contribution < 1.29 is 14.7 Å². The van der Waals surface area contributed by atoms with Gasteiger partial charge in [0.25, 0.3) is 0 Å². The van der Waals surface area contributed by atoms with E-state index in [0.29, 0.717) is 17.3 Å². The normalized spacial score (nSPS) is 16.1. The van der Waals surface area contributed by atoms with Crippen LogP contribution in [0.3, 0.4) is 0 Å². The highest BCUT2D eigenvalue weighted by Gasteiger charge is 2.34. The molecule has 0 saturated heterocycles. The minimum Gasteiger partial charge on any atom is -0.480 e. The van der Waals surface area contributed by atoms with Crippen molar-refractivity contribution in [2.24, 2.45) is 0 Å². The van der Waals surface area contributed by atoms with E-state index in [2.05, 4.69) is 0 Å². The highest BCUT2D eigenvalue weighted by atomic mass is 16.4. The van der Waals surface area contributed by atoms with Gasteiger partial charge in [0.05, 0.1) is 5.52 Å². The zero-order valence-corrected chi connectivity index (χ0v) is 14.5. The van der Waals surface area contributed by atoms with Gasteiger partial charge in [-0.25, -0.2) is 4.79 Å². The van der Waals surface area contributed by atoms with Gasteiger partial charge in [-0.05, 0) is 23.3 Å². The molecule has 1 aromatic heterocycles. The van der Waals surface area contributed by atoms with Gasteiger partial charge in [-0.15, -0.1) is 0 Å². The van der Waals surface area contributed by atoms with Crippen molar-refractivity contribution in [2.45, 2.75) is 25.6 Å². The number of carboxylic acids is 1. The van der Waals surface area contributed by atoms with Crippen molar-refractivity contribution in [1.29, 1.82) is 0 Å². The molecular formula is C21H18N2O4. The smallest absolute Gasteiger partial charge is 0.326 e. The molecule has 2 aromatic carbocycles. The van der Waals surface area contributed by atoms with Gasteiger partial charge in [0.1, 0.15) is 12.6 Å². The third kappa shape index (κ3) is 3.10. The van der Waals surface area contributed by atoms with E-state index >= 15 is 0 Å². The van der Waals surface area contributed by atoms with Crippen LogP contribution in [0.1, 0.15) is 11.1 Å². The molecule has 1 aliphatic rings. The fourth-order valence-electron chi connectivity index (χ4n) is 3.64. The lowest BCUT2D eigenvalue weighted by atomic mass is 9.94. The summed E-state index contributed by atoms with van der Waals surface area (Å²) < 4.78 is 1.69. The summed E-state index contributed by atoms with van der Waals surface area (Å²) in [7, 11) is 0. The molecule has 0 saturated carbocycles. The fraction of sp³-hybridized carbons (Fsp3) is 0.190. The number of aromatic nitrogens is 1. The van der Waals surface area contributed by atoms with Crippen LogP contribution in [-0.2, 0) is 29.1 Å². The number of para-hydroxylation sites is 1. The van der Waals surface area contributed by atoms with E-state index in [4.69, 9.17) is 0 Å². The monoisotopic (exact) mass is 362 g/mol. The molecule has 1 N–H and O–H groups in total. The van der Waals surface area contributed by atoms with Gasteiger partial charge in [0.2, 0.25) is 5.91 Å². The summed E-state index contributed by atoms with van der Waals surface area (Å²) in [6.45, 7) is 0.247. The molecule has 6 nitrogen and oxygen atoms in total. The summed E-state index contributed by atoms with van der Waals surface area (Å²) in [6.07, 6.45) is 1.87. The second-order valence-corrected chi connectivity index (χ2v) is 6.67. The van der Waals surface area contributed by atoms with Crippen LogP contribution < -0.4 is 5.43 Å². The van der Waals surface area contributed by atoms with Crippen LogP contribution in [0.4, 0.5) is 0 Å². The molecule has 2 heterocycles. The summed E-state index contributed by atoms with van der Waals surface area (Å²) in [5.41, 5.74) is 2.48. The van der Waals surface area contributed by atoms with Crippen molar-refractivity contribution in [3.63, 3.8) is 0 Å². The average molecular weight is 362 g/mol. The second-order valence-electron chi connectivity index (χ2n) is 6.67. The second kappa shape index (κ2) is 6.72. The predicted octanol–water partition coefficient (Wildman–Crippen LogP) is 2.04. The molecule has 0 fully saturated rings. The van der Waals surface area contributed by atoms with Gasteiger partial charge in [-0.1, -0.05) is 36.4 Å². The first-order chi connectivity index (χ1) is 13.0. The molecule has 3 aromatic rings. The highest BCUT2D eigenvalue weighted by Crippen LogP contribution is 2.24. The summed E-state index contributed by atoms with van der Waals surface area (Å²) in [4.78, 5) is 38.2. The molecule has 1 aliphatic heterocycles. The van der Waals surface area contributed by atoms with E-state index in [1.54, 1.807) is 35.0 Å². The van der Waals surface area contributed by atoms with Gasteiger partial charge in [0, 0.05) is 30.6 Å². The zero-order chi connectivity index (χ0) is 19.0. The van der Waals surface area contributed by atoms with Crippen LogP contribution in [0.25, 0.3) is 10.9 Å². The lowest BCUT2D eigenvalue weighted by Gasteiger charge is -2.34. The largest absolute Gasteiger partial charge is 0.480 e. The predicted molar refractivity (Wildman–Crippen MR) is 100 cm³/mol. The fourth-order valence-corrected chi connectivity index (χ4v) is 3.64. The van der Waals surface area contributed by atoms with Crippen molar-refractivity contribution in [3.8, 4) is 0 Å². The average Bonchev–Trinajstić information content (AvgIpc) is 2.69. The van der Waals surface area contributed by atoms with E-state index in [1.807, 2.05) is 24.3 Å². The number of pyridine rings is 1. The van der Waals surface area contributed by atoms with Crippen LogP contribution >= 0.6 is 0 Å². The Morgan fingerprint density at radius 3 is 2.48 bits per heavy atom. The molecule has 0 bridgehead atoms. The number of fused-ring (bicyclic) bond motifs is 2. The number of nitrogens with zero attached hydrogens (tertiary/aromatic N) is 2. The number of benzene rings is 2. The summed E-state index contributed by atoms with van der Waals surface area (Å²) in [5, 5.41) is 10.1. The first-order valence-corrected chi connectivity index (χ1v) is 8.72. The van der Waals surface area contributed by atoms with Crippen LogP contribution in [0, 0.1) is 0 Å². The Kier molecular flexibility index (Phi) is 4.24. The Bertz CT molecular complexity index is 1100. The van der Waals surface area contributed by atoms with Crippen molar-refractivity contribution in [1.82, 2.24) is 9.47 Å². The lowest BCUT2D eigenvalue weighted by Crippen LogP contribution is -2.49. The zero-order valence-electron chi connectivity index (χ0n) is 14.5. The number of hydrogen-bond acceptors (Lipinski definition) is 3. The Morgan fingerprint density at radius 1 is 1.00 bits per heavy atom. The molecular weight excluding hydrogens is 344 g/mol. The van der Waals surface area contributed by atoms with E-state index in [0.717, 1.165) is 11.1 Å². The lowest BCUT2D eigenvalue weighted by molar-refractivity contribution is -0.151. The van der Waals surface area contributed by atoms with Crippen LogP contribution in [0.5, 0.6) is 0 Å². The topological polar surface area (TPSA) is 79.6 Å². The SMILES string of the molecule is O=C(O)C1Cc2ccccc2CN1C(=O)Cn1ccc(=O)c2ccccc21. The Labute approximate surface area is 155 Å². The first-order valence-electron chi connectivity index (χ1n) is 8.72. The number of rotatable bonds is 3. The Hall–Kier alpha value is -3.41. The minimum absolute atomic E-state index is 0.0211. The van der Waals surface area contributed by atoms with E-state index in [-0.39, 0.29) is 24.4 Å². The third-order valence-electron chi connectivity index (χ3n) is 5.04. The van der Waals surface area contributed by atoms with Gasteiger partial charge in [-0.3, -0.25) is 9.59 Å². The number of carbonyl (C=O) groups excluding carboxylic acids is 1. The maximum Gasteiger partial charge on any atom is 0.326 e. The summed E-state index contributed by atoms with van der Waals surface area (Å²) >= 11 is 0. The third-order valence-corrected chi connectivity index (χ3v) is 5.04. The molecule has 6 heteroatoms. The maximum absolute atomic E-state index is 13.0. The van der Waals surface area contributed by atoms with Gasteiger partial charge < -0.3 is 14.6 Å². The van der Waals surface area contributed by atoms with E-state index in [9.17, 15) is 19.5 Å². The minimum atomic E-state index is -1.01. The highest BCUT2D eigenvalue weighted by molar-refractivity contribution is 5.86. The molecule has 27 heavy (non-hydrogen) atoms. The standard InChI is InChI=1S/C21H18N2O4/c24-19-9-10-22(17-8-4-3-7-16(17)19)13-20(25)23-12-15-6-2-1-5-14(15)11-18(23)21(26)27/h1-10,18H,11-13H2,(H,26,27). The number of carbonyl (C=O) groups is 2. The number of carboxylic acid groups (broad SMARTS) is 1. The van der Waals surface area contributed by atoms with Crippen molar-refractivity contribution in [2.75, 3.05) is 0 Å². The Morgan fingerprint density at radius 2 is 1.70 bits per heavy atom. The van der Waals surface area contributed by atoms with Crippen LogP contribution in [0.15, 0.2) is 65.6 Å². The van der Waals surface area contributed by atoms with Gasteiger partial charge >= 0.3 is 5.97 Å².